The molecule has 0 fully saturated rings. The van der Waals surface area contributed by atoms with E-state index in [1.165, 1.54) is 0 Å². The number of nitrogens with zero attached hydrogens (tertiary/aromatic N) is 1. The molecule has 1 rings (SSSR count). The number of hydrogen-bond donors (Lipinski definition) is 2. The van der Waals surface area contributed by atoms with Gasteiger partial charge in [0, 0.05) is 11.9 Å². The summed E-state index contributed by atoms with van der Waals surface area (Å²) in [5.74, 6) is 5.73. The van der Waals surface area contributed by atoms with Gasteiger partial charge in [-0.1, -0.05) is 5.92 Å². The first-order valence-electron chi connectivity index (χ1n) is 4.01. The van der Waals surface area contributed by atoms with E-state index in [-0.39, 0.29) is 0 Å². The Morgan fingerprint density at radius 2 is 2.15 bits per heavy atom. The second-order valence-corrected chi connectivity index (χ2v) is 3.45. The SMILES string of the molecule is CC(C)(N)C#Cc1cc(N)ccn1. The van der Waals surface area contributed by atoms with Crippen LogP contribution in [0.25, 0.3) is 0 Å². The number of pyridine rings is 1. The lowest BCUT2D eigenvalue weighted by Crippen LogP contribution is -2.29. The van der Waals surface area contributed by atoms with Gasteiger partial charge < -0.3 is 11.5 Å². The third kappa shape index (κ3) is 3.59. The van der Waals surface area contributed by atoms with Crippen molar-refractivity contribution in [2.24, 2.45) is 5.73 Å². The first-order chi connectivity index (χ1) is 5.97. The van der Waals surface area contributed by atoms with E-state index in [4.69, 9.17) is 11.5 Å². The van der Waals surface area contributed by atoms with E-state index in [2.05, 4.69) is 16.8 Å². The Morgan fingerprint density at radius 1 is 1.46 bits per heavy atom. The van der Waals surface area contributed by atoms with Gasteiger partial charge >= 0.3 is 0 Å². The molecule has 0 atom stereocenters. The lowest BCUT2D eigenvalue weighted by atomic mass is 10.1. The Balaban J connectivity index is 2.90. The molecule has 0 aliphatic heterocycles. The van der Waals surface area contributed by atoms with E-state index in [0.717, 1.165) is 0 Å². The van der Waals surface area contributed by atoms with Gasteiger partial charge in [-0.05, 0) is 31.9 Å². The van der Waals surface area contributed by atoms with Crippen molar-refractivity contribution < 1.29 is 0 Å². The zero-order valence-electron chi connectivity index (χ0n) is 7.83. The summed E-state index contributed by atoms with van der Waals surface area (Å²) in [5, 5.41) is 0. The smallest absolute Gasteiger partial charge is 0.115 e. The molecule has 1 aromatic rings. The highest BCUT2D eigenvalue weighted by molar-refractivity contribution is 5.43. The Labute approximate surface area is 78.2 Å². The Bertz CT molecular complexity index is 352. The van der Waals surface area contributed by atoms with Crippen LogP contribution in [0.1, 0.15) is 19.5 Å². The normalized spacial score (nSPS) is 10.4. The van der Waals surface area contributed by atoms with Crippen molar-refractivity contribution in [3.05, 3.63) is 24.0 Å². The number of nitrogens with two attached hydrogens (primary N) is 2. The maximum absolute atomic E-state index is 5.69. The number of anilines is 1. The molecule has 68 valence electrons. The number of rotatable bonds is 0. The zero-order chi connectivity index (χ0) is 9.90. The molecule has 0 aliphatic carbocycles. The summed E-state index contributed by atoms with van der Waals surface area (Å²) < 4.78 is 0. The Kier molecular flexibility index (Phi) is 2.54. The largest absolute Gasteiger partial charge is 0.399 e. The molecule has 4 N–H and O–H groups in total. The highest BCUT2D eigenvalue weighted by Crippen LogP contribution is 2.01. The molecule has 3 heteroatoms. The molecule has 0 bridgehead atoms. The average molecular weight is 175 g/mol. The predicted molar refractivity (Wildman–Crippen MR) is 53.8 cm³/mol. The van der Waals surface area contributed by atoms with Gasteiger partial charge in [0.1, 0.15) is 5.69 Å². The molecule has 3 nitrogen and oxygen atoms in total. The van der Waals surface area contributed by atoms with Gasteiger partial charge in [-0.2, -0.15) is 0 Å². The molecule has 0 aromatic carbocycles. The van der Waals surface area contributed by atoms with Crippen LogP contribution in [-0.4, -0.2) is 10.5 Å². The molecule has 0 saturated carbocycles. The van der Waals surface area contributed by atoms with Gasteiger partial charge in [0.2, 0.25) is 0 Å². The molecule has 0 unspecified atom stereocenters. The molecule has 13 heavy (non-hydrogen) atoms. The molecular formula is C10H13N3. The van der Waals surface area contributed by atoms with Gasteiger partial charge in [0.15, 0.2) is 0 Å². The second-order valence-electron chi connectivity index (χ2n) is 3.45. The van der Waals surface area contributed by atoms with Crippen molar-refractivity contribution in [3.63, 3.8) is 0 Å². The number of hydrogen-bond acceptors (Lipinski definition) is 3. The van der Waals surface area contributed by atoms with Crippen molar-refractivity contribution in [2.45, 2.75) is 19.4 Å². The third-order valence-corrected chi connectivity index (χ3v) is 1.30. The van der Waals surface area contributed by atoms with E-state index in [1.54, 1.807) is 18.3 Å². The zero-order valence-corrected chi connectivity index (χ0v) is 7.83. The van der Waals surface area contributed by atoms with E-state index < -0.39 is 5.54 Å². The first kappa shape index (κ1) is 9.56. The highest BCUT2D eigenvalue weighted by atomic mass is 14.7. The van der Waals surface area contributed by atoms with E-state index in [9.17, 15) is 0 Å². The van der Waals surface area contributed by atoms with Gasteiger partial charge in [-0.3, -0.25) is 0 Å². The van der Waals surface area contributed by atoms with Gasteiger partial charge in [-0.15, -0.1) is 0 Å². The molecule has 0 aliphatic rings. The van der Waals surface area contributed by atoms with Crippen LogP contribution in [0.2, 0.25) is 0 Å². The van der Waals surface area contributed by atoms with Crippen molar-refractivity contribution in [2.75, 3.05) is 5.73 Å². The van der Waals surface area contributed by atoms with Crippen LogP contribution in [0, 0.1) is 11.8 Å². The summed E-state index contributed by atoms with van der Waals surface area (Å²) in [6.45, 7) is 3.68. The van der Waals surface area contributed by atoms with Crippen molar-refractivity contribution in [1.82, 2.24) is 4.98 Å². The molecule has 1 heterocycles. The van der Waals surface area contributed by atoms with Crippen LogP contribution in [0.3, 0.4) is 0 Å². The molecule has 0 amide bonds. The van der Waals surface area contributed by atoms with Gasteiger partial charge in [-0.25, -0.2) is 4.98 Å². The fourth-order valence-electron chi connectivity index (χ4n) is 0.740. The topological polar surface area (TPSA) is 64.9 Å². The summed E-state index contributed by atoms with van der Waals surface area (Å²) in [4.78, 5) is 4.03. The standard InChI is InChI=1S/C10H13N3/c1-10(2,12)5-3-9-7-8(11)4-6-13-9/h4,6-7H,12H2,1-2H3,(H2,11,13). The number of nitrogen functional groups attached to an aromatic ring is 1. The van der Waals surface area contributed by atoms with Gasteiger partial charge in [0.25, 0.3) is 0 Å². The predicted octanol–water partition coefficient (Wildman–Crippen LogP) is 0.753. The number of aromatic nitrogens is 1. The van der Waals surface area contributed by atoms with Crippen molar-refractivity contribution >= 4 is 5.69 Å². The molecular weight excluding hydrogens is 162 g/mol. The minimum Gasteiger partial charge on any atom is -0.399 e. The fraction of sp³-hybridized carbons (Fsp3) is 0.300. The summed E-state index contributed by atoms with van der Waals surface area (Å²) in [7, 11) is 0. The van der Waals surface area contributed by atoms with Crippen molar-refractivity contribution in [3.8, 4) is 11.8 Å². The van der Waals surface area contributed by atoms with Gasteiger partial charge in [0.05, 0.1) is 5.54 Å². The minimum atomic E-state index is -0.494. The van der Waals surface area contributed by atoms with E-state index >= 15 is 0 Å². The molecule has 0 spiro atoms. The minimum absolute atomic E-state index is 0.494. The second kappa shape index (κ2) is 3.46. The summed E-state index contributed by atoms with van der Waals surface area (Å²) in [6, 6.07) is 3.44. The monoisotopic (exact) mass is 175 g/mol. The lowest BCUT2D eigenvalue weighted by molar-refractivity contribution is 0.680. The maximum Gasteiger partial charge on any atom is 0.115 e. The molecule has 1 aromatic heterocycles. The summed E-state index contributed by atoms with van der Waals surface area (Å²) in [6.07, 6.45) is 1.63. The Hall–Kier alpha value is -1.53. The maximum atomic E-state index is 5.69. The van der Waals surface area contributed by atoms with Crippen LogP contribution in [-0.2, 0) is 0 Å². The van der Waals surface area contributed by atoms with Crippen LogP contribution in [0.4, 0.5) is 5.69 Å². The highest BCUT2D eigenvalue weighted by Gasteiger charge is 2.03. The van der Waals surface area contributed by atoms with Crippen LogP contribution in [0.15, 0.2) is 18.3 Å². The molecule has 0 saturated heterocycles. The van der Waals surface area contributed by atoms with Crippen LogP contribution < -0.4 is 11.5 Å². The average Bonchev–Trinajstić information content (AvgIpc) is 2.00. The molecule has 0 radical (unpaired) electrons. The van der Waals surface area contributed by atoms with Crippen LogP contribution in [0.5, 0.6) is 0 Å². The summed E-state index contributed by atoms with van der Waals surface area (Å²) in [5.41, 5.74) is 12.1. The quantitative estimate of drug-likeness (QED) is 0.572. The third-order valence-electron chi connectivity index (χ3n) is 1.30. The van der Waals surface area contributed by atoms with E-state index in [0.29, 0.717) is 11.4 Å². The first-order valence-corrected chi connectivity index (χ1v) is 4.01. The fourth-order valence-corrected chi connectivity index (χ4v) is 0.740. The lowest BCUT2D eigenvalue weighted by Gasteiger charge is -2.07. The summed E-state index contributed by atoms with van der Waals surface area (Å²) >= 11 is 0. The van der Waals surface area contributed by atoms with Crippen molar-refractivity contribution in [1.29, 1.82) is 0 Å². The van der Waals surface area contributed by atoms with Crippen LogP contribution >= 0.6 is 0 Å². The van der Waals surface area contributed by atoms with E-state index in [1.807, 2.05) is 13.8 Å². The Morgan fingerprint density at radius 3 is 2.69 bits per heavy atom.